The molecule has 2 aliphatic heterocycles. The highest BCUT2D eigenvalue weighted by Crippen LogP contribution is 2.38. The predicted octanol–water partition coefficient (Wildman–Crippen LogP) is 2.31. The van der Waals surface area contributed by atoms with Crippen molar-refractivity contribution >= 4 is 5.91 Å². The molecule has 3 saturated carbocycles. The fourth-order valence-electron chi connectivity index (χ4n) is 6.64. The van der Waals surface area contributed by atoms with Crippen molar-refractivity contribution in [1.29, 1.82) is 0 Å². The van der Waals surface area contributed by atoms with Crippen molar-refractivity contribution < 1.29 is 9.18 Å². The van der Waals surface area contributed by atoms with Crippen LogP contribution in [-0.2, 0) is 4.79 Å². The van der Waals surface area contributed by atoms with Gasteiger partial charge in [-0.1, -0.05) is 6.92 Å². The molecule has 0 aromatic carbocycles. The number of carbonyl (C=O) groups is 1. The number of carbonyl (C=O) groups excluding carboxylic acids is 1. The van der Waals surface area contributed by atoms with Gasteiger partial charge in [0.2, 0.25) is 5.91 Å². The summed E-state index contributed by atoms with van der Waals surface area (Å²) in [5, 5.41) is 6.84. The Morgan fingerprint density at radius 3 is 2.34 bits per heavy atom. The van der Waals surface area contributed by atoms with Crippen molar-refractivity contribution in [3.8, 4) is 0 Å². The van der Waals surface area contributed by atoms with E-state index in [1.165, 1.54) is 51.9 Å². The number of nitrogens with one attached hydrogen (secondary N) is 2. The molecule has 29 heavy (non-hydrogen) atoms. The van der Waals surface area contributed by atoms with Crippen molar-refractivity contribution in [3.05, 3.63) is 0 Å². The van der Waals surface area contributed by atoms with Gasteiger partial charge in [0.15, 0.2) is 0 Å². The van der Waals surface area contributed by atoms with Crippen LogP contribution < -0.4 is 10.6 Å². The molecule has 0 radical (unpaired) electrons. The van der Waals surface area contributed by atoms with E-state index in [-0.39, 0.29) is 30.0 Å². The number of halogens is 1. The number of nitrogens with zero attached hydrogens (tertiary/aromatic N) is 2. The fraction of sp³-hybridized carbons (Fsp3) is 0.957. The maximum Gasteiger partial charge on any atom is 0.237 e. The molecule has 3 aliphatic carbocycles. The van der Waals surface area contributed by atoms with E-state index in [9.17, 15) is 9.18 Å². The molecule has 6 heteroatoms. The summed E-state index contributed by atoms with van der Waals surface area (Å²) in [6, 6.07) is 1.75. The summed E-state index contributed by atoms with van der Waals surface area (Å²) in [5.41, 5.74) is 0. The standard InChI is InChI=1S/C23H39FN4O/c1-15-5-8-20(24)19-14-21(26-22(15)19)23(29)25-16-3-2-4-18(13-16)28-11-9-27(10-12-28)17-6-7-17/h15-22,26H,2-14H2,1H3,(H,25,29). The summed E-state index contributed by atoms with van der Waals surface area (Å²) in [6.07, 6.45) is 8.96. The van der Waals surface area contributed by atoms with Crippen molar-refractivity contribution in [2.45, 2.75) is 101 Å². The Bertz CT molecular complexity index is 573. The summed E-state index contributed by atoms with van der Waals surface area (Å²) >= 11 is 0. The second-order valence-electron chi connectivity index (χ2n) is 10.5. The van der Waals surface area contributed by atoms with E-state index in [1.807, 2.05) is 0 Å². The molecule has 5 rings (SSSR count). The minimum Gasteiger partial charge on any atom is -0.352 e. The molecule has 0 aromatic rings. The lowest BCUT2D eigenvalue weighted by molar-refractivity contribution is -0.124. The Balaban J connectivity index is 1.11. The third-order valence-electron chi connectivity index (χ3n) is 8.58. The van der Waals surface area contributed by atoms with Crippen LogP contribution in [0.2, 0.25) is 0 Å². The Hall–Kier alpha value is -0.720. The van der Waals surface area contributed by atoms with Crippen molar-refractivity contribution in [3.63, 3.8) is 0 Å². The van der Waals surface area contributed by atoms with Gasteiger partial charge in [0.1, 0.15) is 6.17 Å². The number of rotatable bonds is 4. The summed E-state index contributed by atoms with van der Waals surface area (Å²) < 4.78 is 14.4. The molecule has 7 atom stereocenters. The molecule has 0 spiro atoms. The van der Waals surface area contributed by atoms with Crippen LogP contribution in [0.5, 0.6) is 0 Å². The molecule has 164 valence electrons. The van der Waals surface area contributed by atoms with Crippen LogP contribution in [0, 0.1) is 11.8 Å². The Kier molecular flexibility index (Phi) is 5.87. The van der Waals surface area contributed by atoms with Gasteiger partial charge < -0.3 is 10.6 Å². The number of fused-ring (bicyclic) bond motifs is 1. The van der Waals surface area contributed by atoms with Crippen LogP contribution in [-0.4, -0.2) is 78.3 Å². The molecule has 2 saturated heterocycles. The van der Waals surface area contributed by atoms with Gasteiger partial charge in [0, 0.05) is 56.3 Å². The third-order valence-corrected chi connectivity index (χ3v) is 8.58. The Morgan fingerprint density at radius 2 is 1.66 bits per heavy atom. The highest BCUT2D eigenvalue weighted by atomic mass is 19.1. The topological polar surface area (TPSA) is 47.6 Å². The van der Waals surface area contributed by atoms with Crippen LogP contribution in [0.4, 0.5) is 4.39 Å². The molecule has 0 bridgehead atoms. The highest BCUT2D eigenvalue weighted by Gasteiger charge is 2.46. The van der Waals surface area contributed by atoms with E-state index < -0.39 is 6.17 Å². The van der Waals surface area contributed by atoms with Gasteiger partial charge in [0.25, 0.3) is 0 Å². The molecule has 5 aliphatic rings. The lowest BCUT2D eigenvalue weighted by Gasteiger charge is -2.42. The van der Waals surface area contributed by atoms with Gasteiger partial charge >= 0.3 is 0 Å². The molecule has 2 heterocycles. The monoisotopic (exact) mass is 406 g/mol. The zero-order chi connectivity index (χ0) is 20.0. The largest absolute Gasteiger partial charge is 0.352 e. The SMILES string of the molecule is CC1CCC(F)C2CC(C(=O)NC3CCCC(N4CCN(C5CC5)CC4)C3)NC12. The van der Waals surface area contributed by atoms with Crippen LogP contribution >= 0.6 is 0 Å². The summed E-state index contributed by atoms with van der Waals surface area (Å²) in [5.74, 6) is 0.609. The van der Waals surface area contributed by atoms with Crippen LogP contribution in [0.1, 0.15) is 64.7 Å². The van der Waals surface area contributed by atoms with Gasteiger partial charge in [-0.25, -0.2) is 4.39 Å². The zero-order valence-corrected chi connectivity index (χ0v) is 18.0. The number of hydrogen-bond donors (Lipinski definition) is 2. The molecular weight excluding hydrogens is 367 g/mol. The number of piperazine rings is 1. The van der Waals surface area contributed by atoms with Crippen LogP contribution in [0.25, 0.3) is 0 Å². The molecule has 1 amide bonds. The first-order valence-corrected chi connectivity index (χ1v) is 12.3. The second-order valence-corrected chi connectivity index (χ2v) is 10.5. The molecule has 2 N–H and O–H groups in total. The van der Waals surface area contributed by atoms with Gasteiger partial charge in [0.05, 0.1) is 6.04 Å². The van der Waals surface area contributed by atoms with E-state index in [0.29, 0.717) is 24.8 Å². The summed E-state index contributed by atoms with van der Waals surface area (Å²) in [6.45, 7) is 7.01. The molecule has 7 unspecified atom stereocenters. The van der Waals surface area contributed by atoms with Crippen LogP contribution in [0.3, 0.4) is 0 Å². The van der Waals surface area contributed by atoms with Crippen molar-refractivity contribution in [2.75, 3.05) is 26.2 Å². The lowest BCUT2D eigenvalue weighted by atomic mass is 9.77. The first-order chi connectivity index (χ1) is 14.1. The van der Waals surface area contributed by atoms with Gasteiger partial charge in [-0.3, -0.25) is 14.6 Å². The van der Waals surface area contributed by atoms with E-state index >= 15 is 0 Å². The molecule has 5 fully saturated rings. The maximum absolute atomic E-state index is 14.4. The minimum atomic E-state index is -0.741. The minimum absolute atomic E-state index is 0.0244. The number of amides is 1. The van der Waals surface area contributed by atoms with Crippen molar-refractivity contribution in [2.24, 2.45) is 11.8 Å². The number of hydrogen-bond acceptors (Lipinski definition) is 4. The van der Waals surface area contributed by atoms with Gasteiger partial charge in [-0.05, 0) is 63.7 Å². The molecule has 0 aromatic heterocycles. The van der Waals surface area contributed by atoms with Gasteiger partial charge in [-0.15, -0.1) is 0 Å². The first-order valence-electron chi connectivity index (χ1n) is 12.3. The van der Waals surface area contributed by atoms with E-state index in [2.05, 4.69) is 27.4 Å². The quantitative estimate of drug-likeness (QED) is 0.752. The first kappa shape index (κ1) is 20.2. The second kappa shape index (κ2) is 8.43. The average Bonchev–Trinajstić information content (AvgIpc) is 3.48. The van der Waals surface area contributed by atoms with E-state index in [4.69, 9.17) is 0 Å². The Morgan fingerprint density at radius 1 is 0.931 bits per heavy atom. The van der Waals surface area contributed by atoms with Gasteiger partial charge in [-0.2, -0.15) is 0 Å². The summed E-state index contributed by atoms with van der Waals surface area (Å²) in [7, 11) is 0. The normalized spacial score (nSPS) is 44.4. The maximum atomic E-state index is 14.4. The highest BCUT2D eigenvalue weighted by molar-refractivity contribution is 5.82. The van der Waals surface area contributed by atoms with Crippen molar-refractivity contribution in [1.82, 2.24) is 20.4 Å². The number of alkyl halides is 1. The lowest BCUT2D eigenvalue weighted by Crippen LogP contribution is -2.54. The zero-order valence-electron chi connectivity index (χ0n) is 18.0. The third kappa shape index (κ3) is 4.35. The smallest absolute Gasteiger partial charge is 0.237 e. The Labute approximate surface area is 175 Å². The van der Waals surface area contributed by atoms with E-state index in [1.54, 1.807) is 0 Å². The van der Waals surface area contributed by atoms with E-state index in [0.717, 1.165) is 25.3 Å². The predicted molar refractivity (Wildman–Crippen MR) is 112 cm³/mol. The van der Waals surface area contributed by atoms with Crippen LogP contribution in [0.15, 0.2) is 0 Å². The molecular formula is C23H39FN4O. The fourth-order valence-corrected chi connectivity index (χ4v) is 6.64. The molecule has 5 nitrogen and oxygen atoms in total. The summed E-state index contributed by atoms with van der Waals surface area (Å²) in [4.78, 5) is 18.3. The average molecular weight is 407 g/mol.